The van der Waals surface area contributed by atoms with E-state index in [1.807, 2.05) is 26.2 Å². The summed E-state index contributed by atoms with van der Waals surface area (Å²) < 4.78 is 5.73. The van der Waals surface area contributed by atoms with Gasteiger partial charge in [-0.2, -0.15) is 9.97 Å². The summed E-state index contributed by atoms with van der Waals surface area (Å²) in [5, 5.41) is 2.96. The Bertz CT molecular complexity index is 1050. The van der Waals surface area contributed by atoms with Gasteiger partial charge in [-0.1, -0.05) is 42.6 Å². The largest absolute Gasteiger partial charge is 0.372 e. The summed E-state index contributed by atoms with van der Waals surface area (Å²) in [7, 11) is 4.09. The van der Waals surface area contributed by atoms with Crippen LogP contribution >= 0.6 is 11.8 Å². The van der Waals surface area contributed by atoms with E-state index in [-0.39, 0.29) is 5.95 Å². The molecule has 0 atom stereocenters. The first kappa shape index (κ1) is 18.9. The van der Waals surface area contributed by atoms with Gasteiger partial charge in [0.05, 0.1) is 13.2 Å². The van der Waals surface area contributed by atoms with E-state index in [9.17, 15) is 0 Å². The lowest BCUT2D eigenvalue weighted by molar-refractivity contribution is 0.103. The van der Waals surface area contributed by atoms with Crippen LogP contribution in [0.1, 0.15) is 16.7 Å². The number of nitrogen functional groups attached to an aromatic ring is 1. The van der Waals surface area contributed by atoms with Gasteiger partial charge in [0.1, 0.15) is 0 Å². The van der Waals surface area contributed by atoms with Gasteiger partial charge in [0.25, 0.3) is 0 Å². The van der Waals surface area contributed by atoms with Crippen molar-refractivity contribution in [2.24, 2.45) is 0 Å². The Morgan fingerprint density at radius 1 is 1.21 bits per heavy atom. The van der Waals surface area contributed by atoms with Crippen molar-refractivity contribution in [3.63, 3.8) is 0 Å². The van der Waals surface area contributed by atoms with E-state index >= 15 is 0 Å². The molecule has 0 amide bonds. The van der Waals surface area contributed by atoms with E-state index in [1.165, 1.54) is 10.9 Å². The first-order valence-corrected chi connectivity index (χ1v) is 10.1. The molecule has 0 unspecified atom stereocenters. The molecule has 2 aromatic carbocycles. The molecule has 7 heteroatoms. The lowest BCUT2D eigenvalue weighted by atomic mass is 9.90. The molecule has 0 aliphatic carbocycles. The molecule has 0 fully saturated rings. The van der Waals surface area contributed by atoms with Crippen LogP contribution in [0.5, 0.6) is 0 Å². The van der Waals surface area contributed by atoms with Gasteiger partial charge in [0.2, 0.25) is 5.95 Å². The minimum absolute atomic E-state index is 0.233. The summed E-state index contributed by atoms with van der Waals surface area (Å²) in [4.78, 5) is 15.6. The molecule has 1 aliphatic heterocycles. The lowest BCUT2D eigenvalue weighted by Gasteiger charge is -2.21. The topological polar surface area (TPSA) is 77.2 Å². The van der Waals surface area contributed by atoms with E-state index in [2.05, 4.69) is 39.6 Å². The maximum atomic E-state index is 6.03. The predicted molar refractivity (Wildman–Crippen MR) is 115 cm³/mol. The van der Waals surface area contributed by atoms with E-state index in [0.29, 0.717) is 24.2 Å². The van der Waals surface area contributed by atoms with Crippen LogP contribution in [-0.4, -0.2) is 46.2 Å². The van der Waals surface area contributed by atoms with Gasteiger partial charge in [-0.3, -0.25) is 0 Å². The average molecular weight is 394 g/mol. The number of thioether (sulfide) groups is 1. The second-order valence-electron chi connectivity index (χ2n) is 6.99. The fraction of sp³-hybridized carbons (Fsp3) is 0.286. The first-order valence-electron chi connectivity index (χ1n) is 9.14. The quantitative estimate of drug-likeness (QED) is 0.641. The number of benzene rings is 2. The molecule has 2 heterocycles. The fourth-order valence-corrected chi connectivity index (χ4v) is 4.41. The Labute approximate surface area is 168 Å². The summed E-state index contributed by atoms with van der Waals surface area (Å²) in [6, 6.07) is 8.37. The van der Waals surface area contributed by atoms with Gasteiger partial charge in [0.15, 0.2) is 11.0 Å². The van der Waals surface area contributed by atoms with Crippen molar-refractivity contribution < 1.29 is 4.74 Å². The van der Waals surface area contributed by atoms with E-state index in [0.717, 1.165) is 34.4 Å². The maximum Gasteiger partial charge on any atom is 0.224 e. The lowest BCUT2D eigenvalue weighted by Crippen LogP contribution is -2.15. The van der Waals surface area contributed by atoms with Crippen molar-refractivity contribution in [3.8, 4) is 11.4 Å². The second kappa shape index (κ2) is 7.87. The summed E-state index contributed by atoms with van der Waals surface area (Å²) in [6.45, 7) is 6.14. The van der Waals surface area contributed by atoms with Crippen molar-refractivity contribution in [1.29, 1.82) is 0 Å². The zero-order valence-electron chi connectivity index (χ0n) is 16.1. The second-order valence-corrected chi connectivity index (χ2v) is 8.05. The van der Waals surface area contributed by atoms with Crippen molar-refractivity contribution in [2.45, 2.75) is 18.4 Å². The number of nitrogens with zero attached hydrogens (tertiary/aromatic N) is 4. The molecule has 0 saturated carbocycles. The van der Waals surface area contributed by atoms with Crippen molar-refractivity contribution >= 4 is 34.6 Å². The average Bonchev–Trinajstić information content (AvgIpc) is 2.67. The zero-order valence-corrected chi connectivity index (χ0v) is 16.9. The van der Waals surface area contributed by atoms with Gasteiger partial charge in [0, 0.05) is 17.9 Å². The third-order valence-electron chi connectivity index (χ3n) is 4.72. The highest BCUT2D eigenvalue weighted by Crippen LogP contribution is 2.38. The fourth-order valence-electron chi connectivity index (χ4n) is 3.46. The van der Waals surface area contributed by atoms with Crippen LogP contribution in [0.15, 0.2) is 36.0 Å². The van der Waals surface area contributed by atoms with Gasteiger partial charge in [-0.15, -0.1) is 0 Å². The van der Waals surface area contributed by atoms with E-state index < -0.39 is 0 Å². The first-order chi connectivity index (χ1) is 13.6. The number of nitrogens with two attached hydrogens (primary N) is 1. The third kappa shape index (κ3) is 3.61. The summed E-state index contributed by atoms with van der Waals surface area (Å²) >= 11 is 1.58. The predicted octanol–water partition coefficient (Wildman–Crippen LogP) is 3.60. The van der Waals surface area contributed by atoms with Crippen LogP contribution in [0.2, 0.25) is 0 Å². The van der Waals surface area contributed by atoms with Crippen LogP contribution in [0.4, 0.5) is 5.95 Å². The smallest absolute Gasteiger partial charge is 0.224 e. The standard InChI is InChI=1S/C21H23N5OS/c1-4-13-10-15-12-27-11-14-6-5-7-16(17(14)15)18(13)19-23-20(22)25-21(24-19)28-9-8-26(2)3/h4-7,10H,1,8-9,11-12H2,2-3H3,(H2,22,23,24,25). The molecule has 0 spiro atoms. The third-order valence-corrected chi connectivity index (χ3v) is 5.55. The zero-order chi connectivity index (χ0) is 19.7. The Morgan fingerprint density at radius 2 is 2.04 bits per heavy atom. The molecule has 144 valence electrons. The summed E-state index contributed by atoms with van der Waals surface area (Å²) in [5.74, 6) is 1.70. The van der Waals surface area contributed by atoms with Crippen LogP contribution < -0.4 is 5.73 Å². The Balaban J connectivity index is 1.86. The highest BCUT2D eigenvalue weighted by atomic mass is 32.2. The molecule has 0 bridgehead atoms. The Hall–Kier alpha value is -2.48. The maximum absolute atomic E-state index is 6.03. The highest BCUT2D eigenvalue weighted by Gasteiger charge is 2.20. The summed E-state index contributed by atoms with van der Waals surface area (Å²) in [5.41, 5.74) is 10.3. The van der Waals surface area contributed by atoms with Gasteiger partial charge < -0.3 is 15.4 Å². The molecule has 1 aliphatic rings. The van der Waals surface area contributed by atoms with Crippen LogP contribution in [0.3, 0.4) is 0 Å². The Morgan fingerprint density at radius 3 is 2.82 bits per heavy atom. The minimum Gasteiger partial charge on any atom is -0.372 e. The van der Waals surface area contributed by atoms with Crippen molar-refractivity contribution in [3.05, 3.63) is 47.5 Å². The van der Waals surface area contributed by atoms with E-state index in [1.54, 1.807) is 11.8 Å². The highest BCUT2D eigenvalue weighted by molar-refractivity contribution is 7.99. The molecule has 1 aromatic heterocycles. The molecular weight excluding hydrogens is 370 g/mol. The molecule has 4 rings (SSSR count). The number of aromatic nitrogens is 3. The molecule has 6 nitrogen and oxygen atoms in total. The van der Waals surface area contributed by atoms with Crippen LogP contribution in [0.25, 0.3) is 28.2 Å². The number of rotatable bonds is 6. The molecule has 28 heavy (non-hydrogen) atoms. The molecule has 3 aromatic rings. The van der Waals surface area contributed by atoms with Gasteiger partial charge >= 0.3 is 0 Å². The van der Waals surface area contributed by atoms with Crippen molar-refractivity contribution in [2.75, 3.05) is 32.1 Å². The molecule has 0 saturated heterocycles. The minimum atomic E-state index is 0.233. The monoisotopic (exact) mass is 393 g/mol. The normalized spacial score (nSPS) is 13.2. The SMILES string of the molecule is C=Cc1cc2c3c(cccc3c1-c1nc(N)nc(SCCN(C)C)n1)COC2. The number of ether oxygens (including phenoxy) is 1. The number of hydrogen-bond acceptors (Lipinski definition) is 7. The molecule has 0 radical (unpaired) electrons. The number of hydrogen-bond donors (Lipinski definition) is 1. The van der Waals surface area contributed by atoms with E-state index in [4.69, 9.17) is 15.5 Å². The summed E-state index contributed by atoms with van der Waals surface area (Å²) in [6.07, 6.45) is 1.84. The van der Waals surface area contributed by atoms with Crippen LogP contribution in [0, 0.1) is 0 Å². The Kier molecular flexibility index (Phi) is 5.30. The molecule has 2 N–H and O–H groups in total. The molecular formula is C21H23N5OS. The van der Waals surface area contributed by atoms with Gasteiger partial charge in [-0.25, -0.2) is 4.98 Å². The number of anilines is 1. The van der Waals surface area contributed by atoms with Crippen molar-refractivity contribution in [1.82, 2.24) is 19.9 Å². The van der Waals surface area contributed by atoms with Crippen LogP contribution in [-0.2, 0) is 18.0 Å². The van der Waals surface area contributed by atoms with Gasteiger partial charge in [-0.05, 0) is 47.6 Å².